The monoisotopic (exact) mass is 289 g/mol. The lowest BCUT2D eigenvalue weighted by Crippen LogP contribution is -2.28. The van der Waals surface area contributed by atoms with Crippen LogP contribution < -0.4 is 5.32 Å². The van der Waals surface area contributed by atoms with E-state index >= 15 is 0 Å². The molecule has 0 fully saturated rings. The van der Waals surface area contributed by atoms with Crippen LogP contribution in [0.1, 0.15) is 22.8 Å². The highest BCUT2D eigenvalue weighted by atomic mass is 79.9. The molecule has 0 aromatic heterocycles. The van der Waals surface area contributed by atoms with Crippen LogP contribution in [0.25, 0.3) is 0 Å². The van der Waals surface area contributed by atoms with Gasteiger partial charge in [0.05, 0.1) is 0 Å². The van der Waals surface area contributed by atoms with Crippen LogP contribution in [0.15, 0.2) is 18.2 Å². The van der Waals surface area contributed by atoms with E-state index in [2.05, 4.69) is 21.2 Å². The number of hydrogen-bond acceptors (Lipinski definition) is 1. The molecule has 1 aromatic carbocycles. The molecule has 1 atom stereocenters. The highest BCUT2D eigenvalue weighted by Crippen LogP contribution is 2.16. The second-order valence-electron chi connectivity index (χ2n) is 3.45. The zero-order chi connectivity index (χ0) is 11.4. The maximum Gasteiger partial charge on any atom is 0.251 e. The Morgan fingerprint density at radius 2 is 2.27 bits per heavy atom. The van der Waals surface area contributed by atoms with Crippen molar-refractivity contribution in [3.63, 3.8) is 0 Å². The summed E-state index contributed by atoms with van der Waals surface area (Å²) in [7, 11) is 0. The smallest absolute Gasteiger partial charge is 0.251 e. The average molecular weight is 291 g/mol. The van der Waals surface area contributed by atoms with Gasteiger partial charge < -0.3 is 5.32 Å². The lowest BCUT2D eigenvalue weighted by Gasteiger charge is -2.07. The number of hydrogen-bond donors (Lipinski definition) is 1. The molecule has 1 rings (SSSR count). The van der Waals surface area contributed by atoms with Gasteiger partial charge in [0, 0.05) is 22.0 Å². The molecule has 0 spiro atoms. The van der Waals surface area contributed by atoms with Crippen LogP contribution in [0, 0.1) is 6.92 Å². The molecule has 4 heteroatoms. The fourth-order valence-electron chi connectivity index (χ4n) is 1.12. The lowest BCUT2D eigenvalue weighted by atomic mass is 10.1. The quantitative estimate of drug-likeness (QED) is 0.851. The van der Waals surface area contributed by atoms with Gasteiger partial charge in [0.15, 0.2) is 0 Å². The summed E-state index contributed by atoms with van der Waals surface area (Å²) in [5, 5.41) is 3.50. The van der Waals surface area contributed by atoms with E-state index in [4.69, 9.17) is 11.6 Å². The van der Waals surface area contributed by atoms with Gasteiger partial charge in [-0.05, 0) is 30.7 Å². The molecule has 0 bridgehead atoms. The molecular formula is C11H13BrClNO. The first kappa shape index (κ1) is 12.5. The first-order valence-corrected chi connectivity index (χ1v) is 5.98. The average Bonchev–Trinajstić information content (AvgIpc) is 2.18. The van der Waals surface area contributed by atoms with Crippen LogP contribution in [-0.2, 0) is 0 Å². The number of carbonyl (C=O) groups is 1. The normalized spacial score (nSPS) is 12.3. The Hall–Kier alpha value is -0.540. The van der Waals surface area contributed by atoms with E-state index in [1.165, 1.54) is 0 Å². The van der Waals surface area contributed by atoms with Crippen LogP contribution in [0.4, 0.5) is 0 Å². The van der Waals surface area contributed by atoms with Crippen molar-refractivity contribution in [2.75, 3.05) is 6.54 Å². The van der Waals surface area contributed by atoms with Crippen molar-refractivity contribution in [3.05, 3.63) is 34.3 Å². The van der Waals surface area contributed by atoms with Crippen LogP contribution in [0.5, 0.6) is 0 Å². The first-order valence-electron chi connectivity index (χ1n) is 4.69. The van der Waals surface area contributed by atoms with Crippen LogP contribution >= 0.6 is 27.5 Å². The summed E-state index contributed by atoms with van der Waals surface area (Å²) in [5.41, 5.74) is 1.56. The summed E-state index contributed by atoms with van der Waals surface area (Å²) in [6.07, 6.45) is 0. The maximum absolute atomic E-state index is 11.6. The number of rotatable bonds is 3. The lowest BCUT2D eigenvalue weighted by molar-refractivity contribution is 0.0954. The molecule has 1 aromatic rings. The highest BCUT2D eigenvalue weighted by Gasteiger charge is 2.07. The van der Waals surface area contributed by atoms with E-state index in [0.29, 0.717) is 17.1 Å². The minimum atomic E-state index is -0.0685. The van der Waals surface area contributed by atoms with E-state index < -0.39 is 0 Å². The molecule has 0 aliphatic heterocycles. The van der Waals surface area contributed by atoms with Gasteiger partial charge in [0.1, 0.15) is 0 Å². The third kappa shape index (κ3) is 3.84. The number of alkyl halides is 1. The number of amides is 1. The largest absolute Gasteiger partial charge is 0.351 e. The minimum Gasteiger partial charge on any atom is -0.351 e. The number of nitrogens with one attached hydrogen (secondary N) is 1. The Morgan fingerprint density at radius 3 is 2.80 bits per heavy atom. The molecule has 1 N–H and O–H groups in total. The second kappa shape index (κ2) is 5.52. The zero-order valence-corrected chi connectivity index (χ0v) is 11.0. The molecule has 0 saturated carbocycles. The first-order chi connectivity index (χ1) is 7.00. The predicted molar refractivity (Wildman–Crippen MR) is 66.9 cm³/mol. The summed E-state index contributed by atoms with van der Waals surface area (Å²) in [4.78, 5) is 11.9. The van der Waals surface area contributed by atoms with Gasteiger partial charge in [-0.15, -0.1) is 0 Å². The highest BCUT2D eigenvalue weighted by molar-refractivity contribution is 9.09. The SMILES string of the molecule is Cc1cc(C(=O)NCC(C)Br)ccc1Cl. The fourth-order valence-corrected chi connectivity index (χ4v) is 1.40. The molecule has 1 amide bonds. The van der Waals surface area contributed by atoms with Crippen molar-refractivity contribution in [1.29, 1.82) is 0 Å². The van der Waals surface area contributed by atoms with Gasteiger partial charge in [-0.3, -0.25) is 4.79 Å². The molecule has 1 unspecified atom stereocenters. The van der Waals surface area contributed by atoms with Crippen molar-refractivity contribution >= 4 is 33.4 Å². The molecule has 0 heterocycles. The van der Waals surface area contributed by atoms with Gasteiger partial charge >= 0.3 is 0 Å². The molecule has 2 nitrogen and oxygen atoms in total. The van der Waals surface area contributed by atoms with Gasteiger partial charge in [0.2, 0.25) is 0 Å². The number of benzene rings is 1. The van der Waals surface area contributed by atoms with Crippen LogP contribution in [0.3, 0.4) is 0 Å². The van der Waals surface area contributed by atoms with Crippen molar-refractivity contribution in [2.45, 2.75) is 18.7 Å². The Balaban J connectivity index is 2.70. The minimum absolute atomic E-state index is 0.0685. The van der Waals surface area contributed by atoms with E-state index in [1.807, 2.05) is 13.8 Å². The van der Waals surface area contributed by atoms with E-state index in [0.717, 1.165) is 5.56 Å². The predicted octanol–water partition coefficient (Wildman–Crippen LogP) is 3.16. The van der Waals surface area contributed by atoms with E-state index in [-0.39, 0.29) is 10.7 Å². The number of aryl methyl sites for hydroxylation is 1. The summed E-state index contributed by atoms with van der Waals surface area (Å²) >= 11 is 9.24. The second-order valence-corrected chi connectivity index (χ2v) is 5.43. The number of carbonyl (C=O) groups excluding carboxylic acids is 1. The zero-order valence-electron chi connectivity index (χ0n) is 8.68. The fraction of sp³-hybridized carbons (Fsp3) is 0.364. The summed E-state index contributed by atoms with van der Waals surface area (Å²) in [6, 6.07) is 5.25. The Bertz CT molecular complexity index is 366. The number of halogens is 2. The Labute approximate surface area is 103 Å². The van der Waals surface area contributed by atoms with Crippen LogP contribution in [0.2, 0.25) is 5.02 Å². The third-order valence-corrected chi connectivity index (χ3v) is 2.71. The standard InChI is InChI=1S/C11H13BrClNO/c1-7-5-9(3-4-10(7)13)11(15)14-6-8(2)12/h3-5,8H,6H2,1-2H3,(H,14,15). The molecule has 0 aliphatic rings. The van der Waals surface area contributed by atoms with Crippen molar-refractivity contribution in [3.8, 4) is 0 Å². The molecule has 0 saturated heterocycles. The van der Waals surface area contributed by atoms with Gasteiger partial charge in [-0.2, -0.15) is 0 Å². The van der Waals surface area contributed by atoms with Crippen molar-refractivity contribution in [1.82, 2.24) is 5.32 Å². The summed E-state index contributed by atoms with van der Waals surface area (Å²) in [5.74, 6) is -0.0685. The Kier molecular flexibility index (Phi) is 4.61. The molecular weight excluding hydrogens is 277 g/mol. The molecule has 0 radical (unpaired) electrons. The van der Waals surface area contributed by atoms with Gasteiger partial charge in [-0.1, -0.05) is 34.5 Å². The van der Waals surface area contributed by atoms with E-state index in [9.17, 15) is 4.79 Å². The van der Waals surface area contributed by atoms with Crippen LogP contribution in [-0.4, -0.2) is 17.3 Å². The Morgan fingerprint density at radius 1 is 1.60 bits per heavy atom. The van der Waals surface area contributed by atoms with Crippen molar-refractivity contribution in [2.24, 2.45) is 0 Å². The summed E-state index contributed by atoms with van der Waals surface area (Å²) < 4.78 is 0. The molecule has 82 valence electrons. The van der Waals surface area contributed by atoms with Gasteiger partial charge in [-0.25, -0.2) is 0 Å². The van der Waals surface area contributed by atoms with Crippen molar-refractivity contribution < 1.29 is 4.79 Å². The maximum atomic E-state index is 11.6. The van der Waals surface area contributed by atoms with E-state index in [1.54, 1.807) is 18.2 Å². The molecule has 15 heavy (non-hydrogen) atoms. The van der Waals surface area contributed by atoms with Gasteiger partial charge in [0.25, 0.3) is 5.91 Å². The topological polar surface area (TPSA) is 29.1 Å². The summed E-state index contributed by atoms with van der Waals surface area (Å²) in [6.45, 7) is 4.47. The third-order valence-electron chi connectivity index (χ3n) is 1.96. The molecule has 0 aliphatic carbocycles.